The number of halogens is 1. The molecule has 0 N–H and O–H groups in total. The van der Waals surface area contributed by atoms with Gasteiger partial charge in [0.25, 0.3) is 0 Å². The van der Waals surface area contributed by atoms with E-state index in [1.165, 1.54) is 5.56 Å². The molecule has 0 spiro atoms. The van der Waals surface area contributed by atoms with Gasteiger partial charge < -0.3 is 4.74 Å². The smallest absolute Gasteiger partial charge is 0.140 e. The van der Waals surface area contributed by atoms with Gasteiger partial charge in [-0.2, -0.15) is 0 Å². The Kier molecular flexibility index (Phi) is 2.55. The van der Waals surface area contributed by atoms with Crippen LogP contribution >= 0.6 is 0 Å². The van der Waals surface area contributed by atoms with E-state index in [2.05, 4.69) is 0 Å². The van der Waals surface area contributed by atoms with Gasteiger partial charge >= 0.3 is 0 Å². The van der Waals surface area contributed by atoms with Gasteiger partial charge in [0.1, 0.15) is 5.67 Å². The van der Waals surface area contributed by atoms with Crippen LogP contribution in [-0.2, 0) is 11.2 Å². The summed E-state index contributed by atoms with van der Waals surface area (Å²) < 4.78 is 19.1. The summed E-state index contributed by atoms with van der Waals surface area (Å²) in [5.41, 5.74) is 1.12. The minimum atomic E-state index is -1.13. The molecule has 1 atom stereocenters. The molecule has 0 radical (unpaired) electrons. The fourth-order valence-electron chi connectivity index (χ4n) is 1.91. The van der Waals surface area contributed by atoms with Crippen molar-refractivity contribution in [2.75, 3.05) is 13.2 Å². The van der Waals surface area contributed by atoms with E-state index >= 15 is 0 Å². The molecule has 1 aliphatic heterocycles. The summed E-state index contributed by atoms with van der Waals surface area (Å²) in [6.07, 6.45) is 1.01. The Hall–Kier alpha value is -0.890. The Morgan fingerprint density at radius 3 is 3.00 bits per heavy atom. The summed E-state index contributed by atoms with van der Waals surface area (Å²) in [5, 5.41) is 0. The highest BCUT2D eigenvalue weighted by Gasteiger charge is 2.34. The molecule has 2 heteroatoms. The first-order valence-corrected chi connectivity index (χ1v) is 5.00. The molecule has 1 aromatic carbocycles. The van der Waals surface area contributed by atoms with Crippen LogP contribution in [0.2, 0.25) is 0 Å². The standard InChI is InChI=1S/C12H15FO/c1-10-3-2-4-11(7-10)8-12(13)5-6-14-9-12/h2-4,7H,5-6,8-9H2,1H3. The molecule has 0 bridgehead atoms. The molecule has 1 aliphatic rings. The van der Waals surface area contributed by atoms with Crippen LogP contribution in [0, 0.1) is 6.92 Å². The Morgan fingerprint density at radius 1 is 1.50 bits per heavy atom. The topological polar surface area (TPSA) is 9.23 Å². The maximum absolute atomic E-state index is 14.0. The van der Waals surface area contributed by atoms with E-state index in [1.54, 1.807) is 0 Å². The molecule has 0 aliphatic carbocycles. The lowest BCUT2D eigenvalue weighted by Gasteiger charge is -2.17. The number of aryl methyl sites for hydroxylation is 1. The van der Waals surface area contributed by atoms with Crippen molar-refractivity contribution in [3.63, 3.8) is 0 Å². The summed E-state index contributed by atoms with van der Waals surface area (Å²) in [7, 11) is 0. The zero-order chi connectivity index (χ0) is 10.0. The second-order valence-corrected chi connectivity index (χ2v) is 4.12. The van der Waals surface area contributed by atoms with Crippen LogP contribution in [0.5, 0.6) is 0 Å². The van der Waals surface area contributed by atoms with Crippen molar-refractivity contribution in [2.24, 2.45) is 0 Å². The normalized spacial score (nSPS) is 26.7. The average molecular weight is 194 g/mol. The second-order valence-electron chi connectivity index (χ2n) is 4.12. The van der Waals surface area contributed by atoms with Crippen molar-refractivity contribution in [1.29, 1.82) is 0 Å². The van der Waals surface area contributed by atoms with Gasteiger partial charge in [-0.05, 0) is 12.5 Å². The Balaban J connectivity index is 2.10. The fraction of sp³-hybridized carbons (Fsp3) is 0.500. The van der Waals surface area contributed by atoms with E-state index in [-0.39, 0.29) is 6.61 Å². The summed E-state index contributed by atoms with van der Waals surface area (Å²) in [6, 6.07) is 8.02. The van der Waals surface area contributed by atoms with E-state index in [0.717, 1.165) is 5.56 Å². The molecule has 1 heterocycles. The molecule has 1 fully saturated rings. The zero-order valence-electron chi connectivity index (χ0n) is 8.42. The van der Waals surface area contributed by atoms with E-state index in [0.29, 0.717) is 19.4 Å². The minimum absolute atomic E-state index is 0.251. The van der Waals surface area contributed by atoms with Crippen molar-refractivity contribution in [1.82, 2.24) is 0 Å². The third kappa shape index (κ3) is 2.13. The molecule has 14 heavy (non-hydrogen) atoms. The Bertz CT molecular complexity index is 316. The highest BCUT2D eigenvalue weighted by molar-refractivity contribution is 5.23. The van der Waals surface area contributed by atoms with Gasteiger partial charge in [0.05, 0.1) is 6.61 Å². The van der Waals surface area contributed by atoms with Crippen molar-refractivity contribution in [3.05, 3.63) is 35.4 Å². The first-order chi connectivity index (χ1) is 6.68. The SMILES string of the molecule is Cc1cccc(CC2(F)CCOC2)c1. The number of ether oxygens (including phenoxy) is 1. The quantitative estimate of drug-likeness (QED) is 0.703. The average Bonchev–Trinajstić information content (AvgIpc) is 2.51. The molecule has 0 aromatic heterocycles. The monoisotopic (exact) mass is 194 g/mol. The molecule has 2 rings (SSSR count). The number of rotatable bonds is 2. The molecule has 1 nitrogen and oxygen atoms in total. The van der Waals surface area contributed by atoms with Crippen LogP contribution in [0.3, 0.4) is 0 Å². The van der Waals surface area contributed by atoms with Gasteiger partial charge in [0, 0.05) is 19.4 Å². The van der Waals surface area contributed by atoms with Crippen molar-refractivity contribution < 1.29 is 9.13 Å². The highest BCUT2D eigenvalue weighted by atomic mass is 19.1. The summed E-state index contributed by atoms with van der Waals surface area (Å²) in [6.45, 7) is 2.84. The van der Waals surface area contributed by atoms with Gasteiger partial charge in [0.2, 0.25) is 0 Å². The second kappa shape index (κ2) is 3.70. The van der Waals surface area contributed by atoms with Crippen LogP contribution in [0.4, 0.5) is 4.39 Å². The predicted octanol–water partition coefficient (Wildman–Crippen LogP) is 2.67. The van der Waals surface area contributed by atoms with Gasteiger partial charge in [-0.15, -0.1) is 0 Å². The first kappa shape index (κ1) is 9.66. The third-order valence-electron chi connectivity index (χ3n) is 2.66. The maximum atomic E-state index is 14.0. The van der Waals surface area contributed by atoms with E-state index in [9.17, 15) is 4.39 Å². The van der Waals surface area contributed by atoms with Gasteiger partial charge in [-0.1, -0.05) is 29.8 Å². The van der Waals surface area contributed by atoms with Gasteiger partial charge in [-0.3, -0.25) is 0 Å². The number of hydrogen-bond acceptors (Lipinski definition) is 1. The van der Waals surface area contributed by atoms with E-state index in [4.69, 9.17) is 4.74 Å². The molecular formula is C12H15FO. The maximum Gasteiger partial charge on any atom is 0.140 e. The lowest BCUT2D eigenvalue weighted by atomic mass is 9.95. The molecule has 1 unspecified atom stereocenters. The van der Waals surface area contributed by atoms with Crippen LogP contribution < -0.4 is 0 Å². The van der Waals surface area contributed by atoms with Crippen LogP contribution in [-0.4, -0.2) is 18.9 Å². The molecule has 0 saturated carbocycles. The van der Waals surface area contributed by atoms with Crippen molar-refractivity contribution in [3.8, 4) is 0 Å². The van der Waals surface area contributed by atoms with Gasteiger partial charge in [0.15, 0.2) is 0 Å². The summed E-state index contributed by atoms with van der Waals surface area (Å²) in [4.78, 5) is 0. The predicted molar refractivity (Wildman–Crippen MR) is 54.2 cm³/mol. The number of benzene rings is 1. The largest absolute Gasteiger partial charge is 0.378 e. The van der Waals surface area contributed by atoms with Crippen molar-refractivity contribution in [2.45, 2.75) is 25.4 Å². The first-order valence-electron chi connectivity index (χ1n) is 5.00. The van der Waals surface area contributed by atoms with E-state index in [1.807, 2.05) is 31.2 Å². The summed E-state index contributed by atoms with van der Waals surface area (Å²) in [5.74, 6) is 0. The molecule has 76 valence electrons. The lowest BCUT2D eigenvalue weighted by Crippen LogP contribution is -2.25. The van der Waals surface area contributed by atoms with Crippen molar-refractivity contribution >= 4 is 0 Å². The molecule has 1 aromatic rings. The van der Waals surface area contributed by atoms with Crippen LogP contribution in [0.15, 0.2) is 24.3 Å². The Morgan fingerprint density at radius 2 is 2.36 bits per heavy atom. The summed E-state index contributed by atoms with van der Waals surface area (Å²) >= 11 is 0. The van der Waals surface area contributed by atoms with Crippen LogP contribution in [0.25, 0.3) is 0 Å². The minimum Gasteiger partial charge on any atom is -0.378 e. The van der Waals surface area contributed by atoms with Crippen LogP contribution in [0.1, 0.15) is 17.5 Å². The Labute approximate surface area is 83.9 Å². The third-order valence-corrected chi connectivity index (χ3v) is 2.66. The fourth-order valence-corrected chi connectivity index (χ4v) is 1.91. The molecule has 0 amide bonds. The lowest BCUT2D eigenvalue weighted by molar-refractivity contribution is 0.112. The number of hydrogen-bond donors (Lipinski definition) is 0. The molecule has 1 saturated heterocycles. The van der Waals surface area contributed by atoms with Gasteiger partial charge in [-0.25, -0.2) is 4.39 Å². The van der Waals surface area contributed by atoms with E-state index < -0.39 is 5.67 Å². The zero-order valence-corrected chi connectivity index (χ0v) is 8.42. The molecular weight excluding hydrogens is 179 g/mol. The number of alkyl halides is 1. The highest BCUT2D eigenvalue weighted by Crippen LogP contribution is 2.27.